The predicted molar refractivity (Wildman–Crippen MR) is 76.3 cm³/mol. The molecule has 2 N–H and O–H groups in total. The van der Waals surface area contributed by atoms with Gasteiger partial charge in [-0.15, -0.1) is 0 Å². The fourth-order valence-electron chi connectivity index (χ4n) is 2.14. The first-order chi connectivity index (χ1) is 9.78. The molecule has 1 fully saturated rings. The van der Waals surface area contributed by atoms with Gasteiger partial charge in [0.25, 0.3) is 0 Å². The van der Waals surface area contributed by atoms with Crippen LogP contribution in [0, 0.1) is 5.92 Å². The Kier molecular flexibility index (Phi) is 6.11. The summed E-state index contributed by atoms with van der Waals surface area (Å²) in [5, 5.41) is 13.1. The monoisotopic (exact) mass is 281 g/mol. The number of hydrogen-bond acceptors (Lipinski definition) is 5. The van der Waals surface area contributed by atoms with Gasteiger partial charge >= 0.3 is 0 Å². The Morgan fingerprint density at radius 3 is 3.05 bits per heavy atom. The largest absolute Gasteiger partial charge is 0.497 e. The number of aliphatic hydroxyl groups is 1. The molecule has 0 aliphatic carbocycles. The fourth-order valence-corrected chi connectivity index (χ4v) is 2.14. The highest BCUT2D eigenvalue weighted by molar-refractivity contribution is 5.32. The van der Waals surface area contributed by atoms with Gasteiger partial charge in [-0.25, -0.2) is 0 Å². The molecule has 1 saturated heterocycles. The maximum absolute atomic E-state index is 9.86. The van der Waals surface area contributed by atoms with Crippen molar-refractivity contribution in [2.75, 3.05) is 40.0 Å². The Morgan fingerprint density at radius 1 is 1.45 bits per heavy atom. The molecule has 1 aromatic carbocycles. The predicted octanol–water partition coefficient (Wildman–Crippen LogP) is 1.06. The van der Waals surface area contributed by atoms with Crippen molar-refractivity contribution in [1.29, 1.82) is 0 Å². The minimum Gasteiger partial charge on any atom is -0.497 e. The number of nitrogens with one attached hydrogen (secondary N) is 1. The zero-order valence-electron chi connectivity index (χ0n) is 11.9. The van der Waals surface area contributed by atoms with Crippen LogP contribution in [0.2, 0.25) is 0 Å². The molecule has 0 aromatic heterocycles. The van der Waals surface area contributed by atoms with Gasteiger partial charge in [0, 0.05) is 25.8 Å². The molecule has 1 aliphatic rings. The highest BCUT2D eigenvalue weighted by Crippen LogP contribution is 2.18. The molecule has 0 spiro atoms. The summed E-state index contributed by atoms with van der Waals surface area (Å²) in [5.74, 6) is 2.02. The molecule has 1 aliphatic heterocycles. The molecule has 0 radical (unpaired) electrons. The van der Waals surface area contributed by atoms with Crippen molar-refractivity contribution < 1.29 is 19.3 Å². The molecule has 1 heterocycles. The first-order valence-corrected chi connectivity index (χ1v) is 7.01. The first kappa shape index (κ1) is 15.1. The molecule has 2 atom stereocenters. The Balaban J connectivity index is 1.62. The van der Waals surface area contributed by atoms with E-state index in [1.807, 2.05) is 18.2 Å². The van der Waals surface area contributed by atoms with E-state index in [1.165, 1.54) is 0 Å². The molecule has 20 heavy (non-hydrogen) atoms. The van der Waals surface area contributed by atoms with E-state index in [1.54, 1.807) is 13.2 Å². The van der Waals surface area contributed by atoms with Crippen molar-refractivity contribution in [3.8, 4) is 11.5 Å². The lowest BCUT2D eigenvalue weighted by Gasteiger charge is -2.15. The summed E-state index contributed by atoms with van der Waals surface area (Å²) >= 11 is 0. The number of ether oxygens (including phenoxy) is 3. The van der Waals surface area contributed by atoms with Gasteiger partial charge in [-0.1, -0.05) is 6.07 Å². The Morgan fingerprint density at radius 2 is 2.30 bits per heavy atom. The van der Waals surface area contributed by atoms with Crippen molar-refractivity contribution >= 4 is 0 Å². The number of benzene rings is 1. The average molecular weight is 281 g/mol. The minimum absolute atomic E-state index is 0.265. The lowest BCUT2D eigenvalue weighted by molar-refractivity contribution is 0.105. The zero-order valence-corrected chi connectivity index (χ0v) is 11.9. The van der Waals surface area contributed by atoms with Crippen molar-refractivity contribution in [3.05, 3.63) is 24.3 Å². The van der Waals surface area contributed by atoms with E-state index in [4.69, 9.17) is 14.2 Å². The van der Waals surface area contributed by atoms with Crippen LogP contribution in [-0.4, -0.2) is 51.2 Å². The number of hydrogen-bond donors (Lipinski definition) is 2. The van der Waals surface area contributed by atoms with Crippen LogP contribution < -0.4 is 14.8 Å². The third-order valence-corrected chi connectivity index (χ3v) is 3.32. The second kappa shape index (κ2) is 8.09. The third-order valence-electron chi connectivity index (χ3n) is 3.32. The van der Waals surface area contributed by atoms with Crippen LogP contribution in [-0.2, 0) is 4.74 Å². The highest BCUT2D eigenvalue weighted by atomic mass is 16.5. The van der Waals surface area contributed by atoms with Crippen LogP contribution >= 0.6 is 0 Å². The minimum atomic E-state index is -0.525. The molecule has 2 unspecified atom stereocenters. The lowest BCUT2D eigenvalue weighted by atomic mass is 10.1. The van der Waals surface area contributed by atoms with Gasteiger partial charge in [-0.3, -0.25) is 0 Å². The van der Waals surface area contributed by atoms with E-state index in [2.05, 4.69) is 5.32 Å². The summed E-state index contributed by atoms with van der Waals surface area (Å²) in [4.78, 5) is 0. The number of aliphatic hydroxyl groups excluding tert-OH is 1. The smallest absolute Gasteiger partial charge is 0.123 e. The van der Waals surface area contributed by atoms with Crippen molar-refractivity contribution in [3.63, 3.8) is 0 Å². The summed E-state index contributed by atoms with van der Waals surface area (Å²) in [7, 11) is 1.62. The third kappa shape index (κ3) is 5.00. The highest BCUT2D eigenvalue weighted by Gasteiger charge is 2.15. The van der Waals surface area contributed by atoms with Gasteiger partial charge in [-0.2, -0.15) is 0 Å². The number of methoxy groups -OCH3 is 1. The van der Waals surface area contributed by atoms with E-state index >= 15 is 0 Å². The number of rotatable bonds is 8. The van der Waals surface area contributed by atoms with Crippen LogP contribution in [0.3, 0.4) is 0 Å². The lowest BCUT2D eigenvalue weighted by Crippen LogP contribution is -2.34. The molecule has 0 saturated carbocycles. The Bertz CT molecular complexity index is 393. The van der Waals surface area contributed by atoms with Crippen molar-refractivity contribution in [2.24, 2.45) is 5.92 Å². The van der Waals surface area contributed by atoms with E-state index in [0.717, 1.165) is 31.9 Å². The summed E-state index contributed by atoms with van der Waals surface area (Å²) in [6.45, 7) is 3.36. The Hall–Kier alpha value is -1.30. The molecule has 1 aromatic rings. The molecular formula is C15H23NO4. The van der Waals surface area contributed by atoms with E-state index in [-0.39, 0.29) is 6.61 Å². The second-order valence-corrected chi connectivity index (χ2v) is 5.03. The maximum Gasteiger partial charge on any atom is 0.123 e. The van der Waals surface area contributed by atoms with Gasteiger partial charge in [0.2, 0.25) is 0 Å². The van der Waals surface area contributed by atoms with Crippen LogP contribution in [0.15, 0.2) is 24.3 Å². The SMILES string of the molecule is COc1cccc(OCC(O)CNCC2CCOC2)c1. The van der Waals surface area contributed by atoms with E-state index < -0.39 is 6.10 Å². The molecule has 0 amide bonds. The quantitative estimate of drug-likeness (QED) is 0.746. The van der Waals surface area contributed by atoms with Gasteiger partial charge in [0.05, 0.1) is 13.7 Å². The topological polar surface area (TPSA) is 60.0 Å². The van der Waals surface area contributed by atoms with Gasteiger partial charge in [-0.05, 0) is 24.5 Å². The van der Waals surface area contributed by atoms with Crippen LogP contribution in [0.5, 0.6) is 11.5 Å². The summed E-state index contributed by atoms with van der Waals surface area (Å²) in [6.07, 6.45) is 0.576. The normalized spacial score (nSPS) is 19.8. The van der Waals surface area contributed by atoms with Crippen LogP contribution in [0.1, 0.15) is 6.42 Å². The zero-order chi connectivity index (χ0) is 14.2. The van der Waals surface area contributed by atoms with E-state index in [0.29, 0.717) is 18.2 Å². The molecule has 0 bridgehead atoms. The summed E-state index contributed by atoms with van der Waals surface area (Å²) in [5.41, 5.74) is 0. The first-order valence-electron chi connectivity index (χ1n) is 7.01. The summed E-state index contributed by atoms with van der Waals surface area (Å²) in [6, 6.07) is 7.36. The standard InChI is InChI=1S/C15H23NO4/c1-18-14-3-2-4-15(7-14)20-11-13(17)9-16-8-12-5-6-19-10-12/h2-4,7,12-13,16-17H,5-6,8-11H2,1H3. The maximum atomic E-state index is 9.86. The van der Waals surface area contributed by atoms with Crippen LogP contribution in [0.4, 0.5) is 0 Å². The van der Waals surface area contributed by atoms with Gasteiger partial charge in [0.15, 0.2) is 0 Å². The van der Waals surface area contributed by atoms with Gasteiger partial charge < -0.3 is 24.6 Å². The Labute approximate surface area is 119 Å². The second-order valence-electron chi connectivity index (χ2n) is 5.03. The molecule has 112 valence electrons. The van der Waals surface area contributed by atoms with Crippen molar-refractivity contribution in [2.45, 2.75) is 12.5 Å². The van der Waals surface area contributed by atoms with Gasteiger partial charge in [0.1, 0.15) is 24.2 Å². The molecule has 5 heteroatoms. The average Bonchev–Trinajstić information content (AvgIpc) is 2.98. The van der Waals surface area contributed by atoms with Crippen molar-refractivity contribution in [1.82, 2.24) is 5.32 Å². The molecule has 5 nitrogen and oxygen atoms in total. The molecule has 2 rings (SSSR count). The fraction of sp³-hybridized carbons (Fsp3) is 0.600. The van der Waals surface area contributed by atoms with E-state index in [9.17, 15) is 5.11 Å². The molecular weight excluding hydrogens is 258 g/mol. The van der Waals surface area contributed by atoms with Crippen LogP contribution in [0.25, 0.3) is 0 Å². The summed E-state index contributed by atoms with van der Waals surface area (Å²) < 4.78 is 16.0.